The Bertz CT molecular complexity index is 1250. The molecule has 9 heteroatoms. The Balaban J connectivity index is 1.53. The van der Waals surface area contributed by atoms with E-state index in [0.29, 0.717) is 48.3 Å². The summed E-state index contributed by atoms with van der Waals surface area (Å²) >= 11 is 0. The Morgan fingerprint density at radius 2 is 1.66 bits per heavy atom. The first-order valence-electron chi connectivity index (χ1n) is 11.7. The number of piperidine rings is 1. The maximum atomic E-state index is 13.4. The highest BCUT2D eigenvalue weighted by Crippen LogP contribution is 2.29. The number of carbonyl (C=O) groups excluding carboxylic acids is 1. The summed E-state index contributed by atoms with van der Waals surface area (Å²) in [5.41, 5.74) is 1.53. The van der Waals surface area contributed by atoms with Gasteiger partial charge in [-0.15, -0.1) is 0 Å². The minimum absolute atomic E-state index is 0.0302. The van der Waals surface area contributed by atoms with Crippen molar-refractivity contribution in [1.82, 2.24) is 14.5 Å². The summed E-state index contributed by atoms with van der Waals surface area (Å²) in [5, 5.41) is 3.84. The van der Waals surface area contributed by atoms with Gasteiger partial charge in [0.25, 0.3) is 5.56 Å². The topological polar surface area (TPSA) is 94.9 Å². The largest absolute Gasteiger partial charge is 0.497 e. The van der Waals surface area contributed by atoms with Crippen LogP contribution in [0, 0.1) is 0 Å². The number of fused-ring (bicyclic) bond motifs is 1. The highest BCUT2D eigenvalue weighted by Gasteiger charge is 2.28. The van der Waals surface area contributed by atoms with Crippen LogP contribution in [0.3, 0.4) is 0 Å². The molecular formula is C26H32N4O5. The Kier molecular flexibility index (Phi) is 6.86. The van der Waals surface area contributed by atoms with Crippen LogP contribution in [0.4, 0.5) is 16.2 Å². The molecule has 0 unspecified atom stereocenters. The lowest BCUT2D eigenvalue weighted by Crippen LogP contribution is -2.43. The fourth-order valence-corrected chi connectivity index (χ4v) is 4.17. The van der Waals surface area contributed by atoms with E-state index in [0.717, 1.165) is 11.4 Å². The molecular weight excluding hydrogens is 448 g/mol. The van der Waals surface area contributed by atoms with Crippen LogP contribution in [0.15, 0.2) is 47.5 Å². The van der Waals surface area contributed by atoms with Crippen molar-refractivity contribution in [2.24, 2.45) is 0 Å². The van der Waals surface area contributed by atoms with Crippen LogP contribution >= 0.6 is 0 Å². The van der Waals surface area contributed by atoms with Crippen molar-refractivity contribution in [3.8, 4) is 11.5 Å². The van der Waals surface area contributed by atoms with Gasteiger partial charge in [-0.3, -0.25) is 9.36 Å². The zero-order valence-electron chi connectivity index (χ0n) is 20.8. The third-order valence-electron chi connectivity index (χ3n) is 5.93. The van der Waals surface area contributed by atoms with E-state index in [9.17, 15) is 9.59 Å². The smallest absolute Gasteiger partial charge is 0.410 e. The highest BCUT2D eigenvalue weighted by atomic mass is 16.6. The predicted molar refractivity (Wildman–Crippen MR) is 135 cm³/mol. The van der Waals surface area contributed by atoms with E-state index >= 15 is 0 Å². The van der Waals surface area contributed by atoms with Crippen molar-refractivity contribution < 1.29 is 19.0 Å². The van der Waals surface area contributed by atoms with Gasteiger partial charge in [-0.2, -0.15) is 0 Å². The lowest BCUT2D eigenvalue weighted by Gasteiger charge is -2.34. The molecule has 35 heavy (non-hydrogen) atoms. The Labute approximate surface area is 204 Å². The SMILES string of the molecule is COc1cc(Nc2ccc3ncn(C4CCN(C(=O)OC(C)(C)C)CC4)c(=O)c3c2)cc(OC)c1. The molecule has 1 amide bonds. The van der Waals surface area contributed by atoms with Gasteiger partial charge in [0.05, 0.1) is 31.4 Å². The summed E-state index contributed by atoms with van der Waals surface area (Å²) in [7, 11) is 3.20. The average Bonchev–Trinajstić information content (AvgIpc) is 2.83. The second-order valence-corrected chi connectivity index (χ2v) is 9.61. The average molecular weight is 481 g/mol. The second-order valence-electron chi connectivity index (χ2n) is 9.61. The van der Waals surface area contributed by atoms with Crippen LogP contribution in [0.25, 0.3) is 10.9 Å². The molecule has 0 saturated carbocycles. The third-order valence-corrected chi connectivity index (χ3v) is 5.93. The number of benzene rings is 2. The van der Waals surface area contributed by atoms with Crippen molar-refractivity contribution in [2.45, 2.75) is 45.3 Å². The molecule has 1 aliphatic heterocycles. The number of rotatable bonds is 5. The molecule has 9 nitrogen and oxygen atoms in total. The van der Waals surface area contributed by atoms with Gasteiger partial charge in [-0.05, 0) is 51.8 Å². The molecule has 1 fully saturated rings. The number of hydrogen-bond donors (Lipinski definition) is 1. The number of hydrogen-bond acceptors (Lipinski definition) is 7. The van der Waals surface area contributed by atoms with Crippen LogP contribution < -0.4 is 20.3 Å². The Hall–Kier alpha value is -3.75. The molecule has 0 spiro atoms. The number of methoxy groups -OCH3 is 2. The summed E-state index contributed by atoms with van der Waals surface area (Å²) in [6.07, 6.45) is 2.62. The van der Waals surface area contributed by atoms with Crippen LogP contribution in [0.5, 0.6) is 11.5 Å². The van der Waals surface area contributed by atoms with Crippen molar-refractivity contribution in [3.05, 3.63) is 53.1 Å². The summed E-state index contributed by atoms with van der Waals surface area (Å²) < 4.78 is 17.8. The fraction of sp³-hybridized carbons (Fsp3) is 0.423. The molecule has 1 aliphatic rings. The molecule has 1 aromatic heterocycles. The first-order valence-corrected chi connectivity index (χ1v) is 11.7. The molecule has 0 atom stereocenters. The highest BCUT2D eigenvalue weighted by molar-refractivity contribution is 5.82. The van der Waals surface area contributed by atoms with E-state index in [2.05, 4.69) is 10.3 Å². The van der Waals surface area contributed by atoms with Crippen molar-refractivity contribution in [1.29, 1.82) is 0 Å². The second kappa shape index (κ2) is 9.85. The Morgan fingerprint density at radius 3 is 2.26 bits per heavy atom. The number of aromatic nitrogens is 2. The molecule has 2 aromatic carbocycles. The van der Waals surface area contributed by atoms with E-state index in [4.69, 9.17) is 14.2 Å². The van der Waals surface area contributed by atoms with Crippen molar-refractivity contribution in [3.63, 3.8) is 0 Å². The molecule has 1 N–H and O–H groups in total. The van der Waals surface area contributed by atoms with Gasteiger partial charge in [0, 0.05) is 48.7 Å². The number of nitrogens with zero attached hydrogens (tertiary/aromatic N) is 3. The number of likely N-dealkylation sites (tertiary alicyclic amines) is 1. The van der Waals surface area contributed by atoms with Gasteiger partial charge in [0.2, 0.25) is 0 Å². The van der Waals surface area contributed by atoms with Crippen LogP contribution in [-0.2, 0) is 4.74 Å². The summed E-state index contributed by atoms with van der Waals surface area (Å²) in [4.78, 5) is 32.0. The maximum Gasteiger partial charge on any atom is 0.410 e. The number of amides is 1. The van der Waals surface area contributed by atoms with Gasteiger partial charge in [0.15, 0.2) is 0 Å². The van der Waals surface area contributed by atoms with Gasteiger partial charge in [0.1, 0.15) is 17.1 Å². The predicted octanol–water partition coefficient (Wildman–Crippen LogP) is 4.73. The number of ether oxygens (including phenoxy) is 3. The van der Waals surface area contributed by atoms with E-state index in [-0.39, 0.29) is 17.7 Å². The first kappa shape index (κ1) is 24.4. The molecule has 2 heterocycles. The standard InChI is InChI=1S/C26H32N4O5/c1-26(2,3)35-25(32)29-10-8-19(9-11-29)30-16-27-23-7-6-17(14-22(23)24(30)31)28-18-12-20(33-4)15-21(13-18)34-5/h6-7,12-16,19,28H,8-11H2,1-5H3. The molecule has 0 aliphatic carbocycles. The summed E-state index contributed by atoms with van der Waals surface area (Å²) in [5.74, 6) is 1.32. The normalized spacial score (nSPS) is 14.6. The zero-order valence-corrected chi connectivity index (χ0v) is 20.8. The minimum Gasteiger partial charge on any atom is -0.497 e. The molecule has 4 rings (SSSR count). The van der Waals surface area contributed by atoms with E-state index in [1.807, 2.05) is 51.1 Å². The molecule has 0 radical (unpaired) electrons. The Morgan fingerprint density at radius 1 is 1.00 bits per heavy atom. The lowest BCUT2D eigenvalue weighted by atomic mass is 10.0. The quantitative estimate of drug-likeness (QED) is 0.564. The first-order chi connectivity index (χ1) is 16.7. The number of anilines is 2. The van der Waals surface area contributed by atoms with E-state index in [1.54, 1.807) is 36.1 Å². The summed E-state index contributed by atoms with van der Waals surface area (Å²) in [6.45, 7) is 6.62. The molecule has 0 bridgehead atoms. The summed E-state index contributed by atoms with van der Waals surface area (Å²) in [6, 6.07) is 11.0. The van der Waals surface area contributed by atoms with Crippen molar-refractivity contribution >= 4 is 28.4 Å². The zero-order chi connectivity index (χ0) is 25.2. The monoisotopic (exact) mass is 480 g/mol. The molecule has 3 aromatic rings. The van der Waals surface area contributed by atoms with Gasteiger partial charge >= 0.3 is 6.09 Å². The van der Waals surface area contributed by atoms with Gasteiger partial charge < -0.3 is 24.4 Å². The van der Waals surface area contributed by atoms with Crippen LogP contribution in [0.2, 0.25) is 0 Å². The van der Waals surface area contributed by atoms with E-state index < -0.39 is 5.60 Å². The van der Waals surface area contributed by atoms with Crippen LogP contribution in [-0.4, -0.2) is 53.5 Å². The lowest BCUT2D eigenvalue weighted by molar-refractivity contribution is 0.0187. The number of carbonyl (C=O) groups is 1. The van der Waals surface area contributed by atoms with Crippen molar-refractivity contribution in [2.75, 3.05) is 32.6 Å². The van der Waals surface area contributed by atoms with Crippen LogP contribution in [0.1, 0.15) is 39.7 Å². The minimum atomic E-state index is -0.533. The van der Waals surface area contributed by atoms with E-state index in [1.165, 1.54) is 0 Å². The fourth-order valence-electron chi connectivity index (χ4n) is 4.17. The van der Waals surface area contributed by atoms with Gasteiger partial charge in [-0.1, -0.05) is 0 Å². The molecule has 186 valence electrons. The third kappa shape index (κ3) is 5.67. The van der Waals surface area contributed by atoms with Gasteiger partial charge in [-0.25, -0.2) is 9.78 Å². The number of nitrogens with one attached hydrogen (secondary N) is 1. The maximum absolute atomic E-state index is 13.4. The molecule has 1 saturated heterocycles.